The fourth-order valence-electron chi connectivity index (χ4n) is 3.80. The van der Waals surface area contributed by atoms with Crippen LogP contribution in [0.2, 0.25) is 0 Å². The number of ether oxygens (including phenoxy) is 1. The highest BCUT2D eigenvalue weighted by Gasteiger charge is 2.45. The number of nitrogens with zero attached hydrogens (tertiary/aromatic N) is 1. The number of Topliss-reactive ketones (excluding diaryl/α,β-unsaturated/α-hetero) is 1. The van der Waals surface area contributed by atoms with Crippen LogP contribution in [0.3, 0.4) is 0 Å². The summed E-state index contributed by atoms with van der Waals surface area (Å²) in [5.41, 5.74) is 2.60. The summed E-state index contributed by atoms with van der Waals surface area (Å²) in [6, 6.07) is 9.19. The van der Waals surface area contributed by atoms with Gasteiger partial charge in [-0.15, -0.1) is 0 Å². The van der Waals surface area contributed by atoms with Gasteiger partial charge in [0, 0.05) is 12.1 Å². The molecule has 6 heteroatoms. The highest BCUT2D eigenvalue weighted by molar-refractivity contribution is 6.46. The highest BCUT2D eigenvalue weighted by atomic mass is 16.5. The second kappa shape index (κ2) is 7.99. The summed E-state index contributed by atoms with van der Waals surface area (Å²) in [5.74, 6) is -0.892. The van der Waals surface area contributed by atoms with Crippen molar-refractivity contribution < 1.29 is 24.5 Å². The van der Waals surface area contributed by atoms with E-state index in [4.69, 9.17) is 4.74 Å². The second-order valence-corrected chi connectivity index (χ2v) is 7.22. The van der Waals surface area contributed by atoms with E-state index in [1.165, 1.54) is 17.0 Å². The van der Waals surface area contributed by atoms with Crippen LogP contribution in [0.1, 0.15) is 41.6 Å². The molecule has 1 fully saturated rings. The zero-order chi connectivity index (χ0) is 21.3. The largest absolute Gasteiger partial charge is 0.508 e. The van der Waals surface area contributed by atoms with Crippen LogP contribution < -0.4 is 4.74 Å². The average Bonchev–Trinajstić information content (AvgIpc) is 2.94. The molecule has 1 atom stereocenters. The van der Waals surface area contributed by atoms with Crippen LogP contribution in [0.15, 0.2) is 42.0 Å². The zero-order valence-corrected chi connectivity index (χ0v) is 17.0. The molecule has 1 aliphatic heterocycles. The number of aromatic hydroxyl groups is 1. The van der Waals surface area contributed by atoms with Gasteiger partial charge in [-0.05, 0) is 61.2 Å². The molecule has 0 radical (unpaired) electrons. The van der Waals surface area contributed by atoms with E-state index >= 15 is 0 Å². The topological polar surface area (TPSA) is 87.1 Å². The Hall–Kier alpha value is -3.28. The van der Waals surface area contributed by atoms with E-state index in [9.17, 15) is 19.8 Å². The van der Waals surface area contributed by atoms with Crippen LogP contribution in [0.25, 0.3) is 5.76 Å². The van der Waals surface area contributed by atoms with Crippen molar-refractivity contribution in [3.05, 3.63) is 64.2 Å². The lowest BCUT2D eigenvalue weighted by atomic mass is 9.93. The SMILES string of the molecule is CCCN1C(=O)C(=O)/C(=C(/O)c2cc(C)c(OC)cc2C)C1c1cccc(O)c1. The molecule has 1 heterocycles. The van der Waals surface area contributed by atoms with E-state index in [-0.39, 0.29) is 17.1 Å². The summed E-state index contributed by atoms with van der Waals surface area (Å²) in [7, 11) is 1.57. The van der Waals surface area contributed by atoms with Gasteiger partial charge in [0.05, 0.1) is 18.7 Å². The van der Waals surface area contributed by atoms with E-state index in [0.717, 1.165) is 11.1 Å². The van der Waals surface area contributed by atoms with Gasteiger partial charge in [0.2, 0.25) is 0 Å². The number of amides is 1. The molecule has 1 aliphatic rings. The highest BCUT2D eigenvalue weighted by Crippen LogP contribution is 2.41. The van der Waals surface area contributed by atoms with Crippen molar-refractivity contribution in [3.63, 3.8) is 0 Å². The van der Waals surface area contributed by atoms with Crippen molar-refractivity contribution in [2.24, 2.45) is 0 Å². The Morgan fingerprint density at radius 2 is 1.86 bits per heavy atom. The number of phenolic OH excluding ortho intramolecular Hbond substituents is 1. The molecule has 2 N–H and O–H groups in total. The monoisotopic (exact) mass is 395 g/mol. The minimum atomic E-state index is -0.760. The van der Waals surface area contributed by atoms with Crippen molar-refractivity contribution in [2.45, 2.75) is 33.2 Å². The number of aliphatic hydroxyl groups is 1. The number of rotatable bonds is 5. The summed E-state index contributed by atoms with van der Waals surface area (Å²) >= 11 is 0. The Morgan fingerprint density at radius 1 is 1.14 bits per heavy atom. The zero-order valence-electron chi connectivity index (χ0n) is 17.0. The number of hydrogen-bond donors (Lipinski definition) is 2. The standard InChI is InChI=1S/C23H25NO5/c1-5-9-24-20(15-7-6-8-16(25)12-15)19(22(27)23(24)28)21(26)17-10-14(3)18(29-4)11-13(17)2/h6-8,10-12,20,25-26H,5,9H2,1-4H3/b21-19+. The number of benzene rings is 2. The number of likely N-dealkylation sites (tertiary alicyclic amines) is 1. The molecule has 0 aromatic heterocycles. The van der Waals surface area contributed by atoms with Gasteiger partial charge in [-0.25, -0.2) is 0 Å². The average molecular weight is 395 g/mol. The Kier molecular flexibility index (Phi) is 5.64. The number of carbonyl (C=O) groups excluding carboxylic acids is 2. The van der Waals surface area contributed by atoms with Crippen LogP contribution in [0, 0.1) is 13.8 Å². The maximum atomic E-state index is 12.9. The third-order valence-corrected chi connectivity index (χ3v) is 5.19. The first-order valence-electron chi connectivity index (χ1n) is 9.53. The number of phenols is 1. The molecule has 29 heavy (non-hydrogen) atoms. The molecule has 0 bridgehead atoms. The molecule has 0 aliphatic carbocycles. The molecule has 2 aromatic carbocycles. The Bertz CT molecular complexity index is 1010. The van der Waals surface area contributed by atoms with Crippen molar-refractivity contribution in [1.29, 1.82) is 0 Å². The van der Waals surface area contributed by atoms with Crippen molar-refractivity contribution in [3.8, 4) is 11.5 Å². The Balaban J connectivity index is 2.24. The van der Waals surface area contributed by atoms with Gasteiger partial charge in [0.25, 0.3) is 11.7 Å². The lowest BCUT2D eigenvalue weighted by Crippen LogP contribution is -2.30. The first-order valence-corrected chi connectivity index (χ1v) is 9.53. The molecule has 1 saturated heterocycles. The van der Waals surface area contributed by atoms with Gasteiger partial charge in [-0.3, -0.25) is 9.59 Å². The van der Waals surface area contributed by atoms with Gasteiger partial charge in [0.15, 0.2) is 0 Å². The maximum absolute atomic E-state index is 12.9. The molecule has 152 valence electrons. The van der Waals surface area contributed by atoms with Crippen LogP contribution in [0.4, 0.5) is 0 Å². The summed E-state index contributed by atoms with van der Waals surface area (Å²) < 4.78 is 5.32. The molecule has 1 amide bonds. The molecule has 3 rings (SSSR count). The maximum Gasteiger partial charge on any atom is 0.295 e. The van der Waals surface area contributed by atoms with E-state index in [1.807, 2.05) is 20.8 Å². The van der Waals surface area contributed by atoms with Crippen LogP contribution in [-0.4, -0.2) is 40.5 Å². The molecule has 1 unspecified atom stereocenters. The van der Waals surface area contributed by atoms with Crippen molar-refractivity contribution in [2.75, 3.05) is 13.7 Å². The smallest absolute Gasteiger partial charge is 0.295 e. The number of ketones is 1. The van der Waals surface area contributed by atoms with Crippen LogP contribution >= 0.6 is 0 Å². The van der Waals surface area contributed by atoms with Gasteiger partial charge < -0.3 is 19.8 Å². The third-order valence-electron chi connectivity index (χ3n) is 5.19. The minimum Gasteiger partial charge on any atom is -0.508 e. The number of aliphatic hydroxyl groups excluding tert-OH is 1. The number of methoxy groups -OCH3 is 1. The summed E-state index contributed by atoms with van der Waals surface area (Å²) in [6.07, 6.45) is 0.656. The van der Waals surface area contributed by atoms with Gasteiger partial charge in [-0.1, -0.05) is 19.1 Å². The Morgan fingerprint density at radius 3 is 2.48 bits per heavy atom. The molecule has 2 aromatic rings. The molecular weight excluding hydrogens is 370 g/mol. The summed E-state index contributed by atoms with van der Waals surface area (Å²) in [6.45, 7) is 5.93. The first-order chi connectivity index (χ1) is 13.8. The summed E-state index contributed by atoms with van der Waals surface area (Å²) in [5, 5.41) is 21.1. The minimum absolute atomic E-state index is 0.0288. The van der Waals surface area contributed by atoms with Gasteiger partial charge in [-0.2, -0.15) is 0 Å². The lowest BCUT2D eigenvalue weighted by Gasteiger charge is -2.25. The number of aryl methyl sites for hydroxylation is 2. The lowest BCUT2D eigenvalue weighted by molar-refractivity contribution is -0.139. The normalized spacial score (nSPS) is 18.3. The fraction of sp³-hybridized carbons (Fsp3) is 0.304. The third kappa shape index (κ3) is 3.58. The van der Waals surface area contributed by atoms with E-state index < -0.39 is 17.7 Å². The van der Waals surface area contributed by atoms with E-state index in [0.29, 0.717) is 29.8 Å². The summed E-state index contributed by atoms with van der Waals surface area (Å²) in [4.78, 5) is 27.1. The van der Waals surface area contributed by atoms with Gasteiger partial charge >= 0.3 is 0 Å². The second-order valence-electron chi connectivity index (χ2n) is 7.22. The Labute approximate surface area is 170 Å². The molecule has 6 nitrogen and oxygen atoms in total. The molecule has 0 spiro atoms. The number of hydrogen-bond acceptors (Lipinski definition) is 5. The van der Waals surface area contributed by atoms with Crippen molar-refractivity contribution in [1.82, 2.24) is 4.90 Å². The molecular formula is C23H25NO5. The predicted octanol–water partition coefficient (Wildman–Crippen LogP) is 3.85. The van der Waals surface area contributed by atoms with E-state index in [1.54, 1.807) is 31.4 Å². The van der Waals surface area contributed by atoms with Gasteiger partial charge in [0.1, 0.15) is 17.3 Å². The quantitative estimate of drug-likeness (QED) is 0.456. The predicted molar refractivity (Wildman–Crippen MR) is 110 cm³/mol. The van der Waals surface area contributed by atoms with Crippen molar-refractivity contribution >= 4 is 17.4 Å². The fourth-order valence-corrected chi connectivity index (χ4v) is 3.80. The molecule has 0 saturated carbocycles. The number of carbonyl (C=O) groups is 2. The van der Waals surface area contributed by atoms with Crippen LogP contribution in [-0.2, 0) is 9.59 Å². The van der Waals surface area contributed by atoms with Crippen LogP contribution in [0.5, 0.6) is 11.5 Å². The first kappa shape index (κ1) is 20.5. The van der Waals surface area contributed by atoms with E-state index in [2.05, 4.69) is 0 Å².